The number of aliphatic imine (C=N–C) groups is 1. The minimum Gasteiger partial charge on any atom is -0.512 e. The van der Waals surface area contributed by atoms with Crippen LogP contribution in [0.5, 0.6) is 0 Å². The molecule has 0 aliphatic carbocycles. The molecule has 0 aromatic carbocycles. The minimum atomic E-state index is -0.620. The molecule has 0 aromatic rings. The second-order valence-electron chi connectivity index (χ2n) is 4.06. The SMILES string of the molecule is CCOC(=O)/C(C1=N[C@H](C(=O)OCC)CC1)=C(/C)O. The number of aliphatic hydroxyl groups is 1. The molecular formula is C13H19NO5. The molecule has 0 saturated heterocycles. The van der Waals surface area contributed by atoms with Crippen LogP contribution in [0.4, 0.5) is 0 Å². The van der Waals surface area contributed by atoms with Gasteiger partial charge in [0, 0.05) is 0 Å². The summed E-state index contributed by atoms with van der Waals surface area (Å²) < 4.78 is 9.75. The Morgan fingerprint density at radius 3 is 2.47 bits per heavy atom. The number of hydrogen-bond donors (Lipinski definition) is 1. The van der Waals surface area contributed by atoms with Crippen LogP contribution >= 0.6 is 0 Å². The number of allylic oxidation sites excluding steroid dienone is 1. The zero-order chi connectivity index (χ0) is 14.4. The molecule has 0 saturated carbocycles. The van der Waals surface area contributed by atoms with E-state index in [1.165, 1.54) is 6.92 Å². The van der Waals surface area contributed by atoms with Gasteiger partial charge in [-0.3, -0.25) is 4.99 Å². The molecule has 0 fully saturated rings. The molecule has 1 aliphatic rings. The first-order valence-electron chi connectivity index (χ1n) is 6.31. The Morgan fingerprint density at radius 1 is 1.32 bits per heavy atom. The highest BCUT2D eigenvalue weighted by atomic mass is 16.5. The molecule has 19 heavy (non-hydrogen) atoms. The quantitative estimate of drug-likeness (QED) is 0.465. The molecule has 0 spiro atoms. The fourth-order valence-corrected chi connectivity index (χ4v) is 1.87. The van der Waals surface area contributed by atoms with Crippen molar-refractivity contribution in [1.29, 1.82) is 0 Å². The van der Waals surface area contributed by atoms with Crippen molar-refractivity contribution in [3.05, 3.63) is 11.3 Å². The summed E-state index contributed by atoms with van der Waals surface area (Å²) in [4.78, 5) is 27.4. The van der Waals surface area contributed by atoms with Crippen molar-refractivity contribution in [3.8, 4) is 0 Å². The van der Waals surface area contributed by atoms with Gasteiger partial charge >= 0.3 is 11.9 Å². The molecular weight excluding hydrogens is 250 g/mol. The van der Waals surface area contributed by atoms with E-state index in [0.717, 1.165) is 0 Å². The largest absolute Gasteiger partial charge is 0.512 e. The summed E-state index contributed by atoms with van der Waals surface area (Å²) in [6, 6.07) is -0.598. The van der Waals surface area contributed by atoms with Crippen LogP contribution in [0.1, 0.15) is 33.6 Å². The maximum atomic E-state index is 11.7. The Hall–Kier alpha value is -1.85. The number of rotatable bonds is 5. The van der Waals surface area contributed by atoms with Gasteiger partial charge in [-0.15, -0.1) is 0 Å². The zero-order valence-electron chi connectivity index (χ0n) is 11.4. The Kier molecular flexibility index (Phi) is 5.54. The molecule has 0 aromatic heterocycles. The number of hydrogen-bond acceptors (Lipinski definition) is 6. The summed E-state index contributed by atoms with van der Waals surface area (Å²) in [5.41, 5.74) is 0.449. The predicted octanol–water partition coefficient (Wildman–Crippen LogP) is 1.55. The maximum Gasteiger partial charge on any atom is 0.343 e. The number of ether oxygens (including phenoxy) is 2. The van der Waals surface area contributed by atoms with Gasteiger partial charge < -0.3 is 14.6 Å². The van der Waals surface area contributed by atoms with Crippen molar-refractivity contribution in [2.75, 3.05) is 13.2 Å². The average Bonchev–Trinajstić information content (AvgIpc) is 2.78. The lowest BCUT2D eigenvalue weighted by Crippen LogP contribution is -2.19. The molecule has 0 radical (unpaired) electrons. The third kappa shape index (κ3) is 3.81. The Labute approximate surface area is 112 Å². The smallest absolute Gasteiger partial charge is 0.343 e. The normalized spacial score (nSPS) is 19.5. The van der Waals surface area contributed by atoms with Gasteiger partial charge in [-0.1, -0.05) is 0 Å². The van der Waals surface area contributed by atoms with E-state index >= 15 is 0 Å². The van der Waals surface area contributed by atoms with Crippen molar-refractivity contribution in [2.45, 2.75) is 39.7 Å². The van der Waals surface area contributed by atoms with Crippen LogP contribution in [0, 0.1) is 0 Å². The van der Waals surface area contributed by atoms with Crippen molar-refractivity contribution in [2.24, 2.45) is 4.99 Å². The molecule has 1 atom stereocenters. The maximum absolute atomic E-state index is 11.7. The lowest BCUT2D eigenvalue weighted by Gasteiger charge is -2.07. The van der Waals surface area contributed by atoms with Crippen LogP contribution in [0.25, 0.3) is 0 Å². The van der Waals surface area contributed by atoms with E-state index in [-0.39, 0.29) is 17.9 Å². The standard InChI is InChI=1S/C13H19NO5/c1-4-18-12(16)10-7-6-9(14-10)11(8(3)15)13(17)19-5-2/h10,15H,4-7H2,1-3H3/b11-8-/t10-/m0/s1. The molecule has 1 aliphatic heterocycles. The topological polar surface area (TPSA) is 85.2 Å². The van der Waals surface area contributed by atoms with E-state index in [1.54, 1.807) is 13.8 Å². The second kappa shape index (κ2) is 6.92. The van der Waals surface area contributed by atoms with E-state index in [9.17, 15) is 14.7 Å². The molecule has 0 bridgehead atoms. The molecule has 6 heteroatoms. The summed E-state index contributed by atoms with van der Waals surface area (Å²) in [5.74, 6) is -1.18. The third-order valence-electron chi connectivity index (χ3n) is 2.65. The molecule has 1 N–H and O–H groups in total. The van der Waals surface area contributed by atoms with Gasteiger partial charge in [0.1, 0.15) is 17.4 Å². The number of nitrogens with zero attached hydrogens (tertiary/aromatic N) is 1. The van der Waals surface area contributed by atoms with E-state index in [0.29, 0.717) is 25.2 Å². The zero-order valence-corrected chi connectivity index (χ0v) is 11.4. The van der Waals surface area contributed by atoms with Gasteiger partial charge in [-0.05, 0) is 33.6 Å². The van der Waals surface area contributed by atoms with Crippen molar-refractivity contribution < 1.29 is 24.2 Å². The fourth-order valence-electron chi connectivity index (χ4n) is 1.87. The number of aliphatic hydroxyl groups excluding tert-OH is 1. The first-order valence-corrected chi connectivity index (χ1v) is 6.31. The summed E-state index contributed by atoms with van der Waals surface area (Å²) in [6.07, 6.45) is 0.917. The summed E-state index contributed by atoms with van der Waals surface area (Å²) in [5, 5.41) is 9.58. The Bertz CT molecular complexity index is 421. The molecule has 106 valence electrons. The van der Waals surface area contributed by atoms with E-state index in [1.807, 2.05) is 0 Å². The molecule has 1 heterocycles. The van der Waals surface area contributed by atoms with Crippen molar-refractivity contribution in [3.63, 3.8) is 0 Å². The summed E-state index contributed by atoms with van der Waals surface area (Å²) in [7, 11) is 0. The van der Waals surface area contributed by atoms with Crippen LogP contribution in [-0.2, 0) is 19.1 Å². The molecule has 6 nitrogen and oxygen atoms in total. The van der Waals surface area contributed by atoms with Gasteiger partial charge in [0.2, 0.25) is 0 Å². The van der Waals surface area contributed by atoms with E-state index < -0.39 is 18.0 Å². The molecule has 1 rings (SSSR count). The highest BCUT2D eigenvalue weighted by Gasteiger charge is 2.30. The Morgan fingerprint density at radius 2 is 1.95 bits per heavy atom. The van der Waals surface area contributed by atoms with Crippen LogP contribution in [0.15, 0.2) is 16.3 Å². The lowest BCUT2D eigenvalue weighted by molar-refractivity contribution is -0.144. The fraction of sp³-hybridized carbons (Fsp3) is 0.615. The van der Waals surface area contributed by atoms with E-state index in [4.69, 9.17) is 9.47 Å². The first-order chi connectivity index (χ1) is 9.01. The predicted molar refractivity (Wildman–Crippen MR) is 69.1 cm³/mol. The third-order valence-corrected chi connectivity index (χ3v) is 2.65. The molecule has 0 amide bonds. The summed E-state index contributed by atoms with van der Waals surface area (Å²) >= 11 is 0. The number of carbonyl (C=O) groups excluding carboxylic acids is 2. The highest BCUT2D eigenvalue weighted by molar-refractivity contribution is 6.21. The first kappa shape index (κ1) is 15.2. The van der Waals surface area contributed by atoms with Gasteiger partial charge in [0.15, 0.2) is 0 Å². The van der Waals surface area contributed by atoms with Gasteiger partial charge in [0.05, 0.1) is 18.9 Å². The lowest BCUT2D eigenvalue weighted by atomic mass is 10.1. The van der Waals surface area contributed by atoms with Gasteiger partial charge in [0.25, 0.3) is 0 Å². The average molecular weight is 269 g/mol. The van der Waals surface area contributed by atoms with Crippen molar-refractivity contribution in [1.82, 2.24) is 0 Å². The van der Waals surface area contributed by atoms with Crippen LogP contribution in [0.3, 0.4) is 0 Å². The molecule has 0 unspecified atom stereocenters. The second-order valence-corrected chi connectivity index (χ2v) is 4.06. The Balaban J connectivity index is 2.89. The highest BCUT2D eigenvalue weighted by Crippen LogP contribution is 2.21. The summed E-state index contributed by atoms with van der Waals surface area (Å²) in [6.45, 7) is 5.30. The van der Waals surface area contributed by atoms with E-state index in [2.05, 4.69) is 4.99 Å². The van der Waals surface area contributed by atoms with Gasteiger partial charge in [-0.2, -0.15) is 0 Å². The monoisotopic (exact) mass is 269 g/mol. The van der Waals surface area contributed by atoms with Crippen LogP contribution in [-0.4, -0.2) is 42.0 Å². The van der Waals surface area contributed by atoms with Crippen molar-refractivity contribution >= 4 is 17.7 Å². The van der Waals surface area contributed by atoms with Crippen LogP contribution < -0.4 is 0 Å². The minimum absolute atomic E-state index is 0.0497. The number of carbonyl (C=O) groups is 2. The van der Waals surface area contributed by atoms with Gasteiger partial charge in [-0.25, -0.2) is 9.59 Å². The van der Waals surface area contributed by atoms with Crippen LogP contribution in [0.2, 0.25) is 0 Å². The number of esters is 2.